The van der Waals surface area contributed by atoms with E-state index < -0.39 is 10.0 Å². The first-order valence-corrected chi connectivity index (χ1v) is 7.95. The summed E-state index contributed by atoms with van der Waals surface area (Å²) < 4.78 is 30.2. The van der Waals surface area contributed by atoms with Crippen LogP contribution in [-0.2, 0) is 16.6 Å². The highest BCUT2D eigenvalue weighted by Gasteiger charge is 2.05. The molecule has 1 aromatic rings. The number of benzene rings is 1. The molecule has 0 amide bonds. The van der Waals surface area contributed by atoms with Crippen LogP contribution < -0.4 is 14.8 Å². The van der Waals surface area contributed by atoms with Gasteiger partial charge in [0.05, 0.1) is 11.9 Å². The van der Waals surface area contributed by atoms with Crippen LogP contribution in [-0.4, -0.2) is 33.9 Å². The Hall–Kier alpha value is -1.11. The van der Waals surface area contributed by atoms with Crippen molar-refractivity contribution in [1.29, 1.82) is 0 Å². The van der Waals surface area contributed by atoms with Crippen LogP contribution >= 0.6 is 0 Å². The van der Waals surface area contributed by atoms with E-state index in [0.717, 1.165) is 11.3 Å². The van der Waals surface area contributed by atoms with Gasteiger partial charge in [0.25, 0.3) is 0 Å². The number of sulfonamides is 1. The molecule has 0 unspecified atom stereocenters. The lowest BCUT2D eigenvalue weighted by atomic mass is 10.2. The van der Waals surface area contributed by atoms with Gasteiger partial charge in [0.15, 0.2) is 0 Å². The Morgan fingerprint density at radius 3 is 2.37 bits per heavy atom. The molecule has 108 valence electrons. The van der Waals surface area contributed by atoms with Gasteiger partial charge in [-0.05, 0) is 38.6 Å². The fourth-order valence-electron chi connectivity index (χ4n) is 1.50. The molecule has 0 heterocycles. The largest absolute Gasteiger partial charge is 0.491 e. The van der Waals surface area contributed by atoms with Crippen LogP contribution in [0.4, 0.5) is 0 Å². The van der Waals surface area contributed by atoms with Crippen molar-refractivity contribution in [3.8, 4) is 5.75 Å². The molecule has 0 saturated carbocycles. The molecule has 6 heteroatoms. The van der Waals surface area contributed by atoms with E-state index in [9.17, 15) is 8.42 Å². The Balaban J connectivity index is 2.34. The number of hydrogen-bond donors (Lipinski definition) is 2. The van der Waals surface area contributed by atoms with Crippen LogP contribution in [0.3, 0.4) is 0 Å². The Morgan fingerprint density at radius 2 is 1.84 bits per heavy atom. The summed E-state index contributed by atoms with van der Waals surface area (Å²) in [4.78, 5) is 0. The molecular formula is C13H22N2O3S. The van der Waals surface area contributed by atoms with Crippen molar-refractivity contribution in [3.63, 3.8) is 0 Å². The fourth-order valence-corrected chi connectivity index (χ4v) is 2.12. The first-order valence-electron chi connectivity index (χ1n) is 6.30. The highest BCUT2D eigenvalue weighted by atomic mass is 32.2. The summed E-state index contributed by atoms with van der Waals surface area (Å²) in [5.41, 5.74) is 1.10. The lowest BCUT2D eigenvalue weighted by molar-refractivity contribution is 0.242. The van der Waals surface area contributed by atoms with Crippen LogP contribution in [0.25, 0.3) is 0 Å². The Bertz CT molecular complexity index is 469. The molecule has 0 atom stereocenters. The molecule has 5 nitrogen and oxygen atoms in total. The zero-order valence-corrected chi connectivity index (χ0v) is 12.5. The summed E-state index contributed by atoms with van der Waals surface area (Å²) in [5, 5.41) is 3.09. The van der Waals surface area contributed by atoms with Crippen molar-refractivity contribution < 1.29 is 13.2 Å². The van der Waals surface area contributed by atoms with E-state index in [-0.39, 0.29) is 11.9 Å². The third-order valence-corrected chi connectivity index (χ3v) is 3.85. The average Bonchev–Trinajstić information content (AvgIpc) is 2.36. The van der Waals surface area contributed by atoms with Gasteiger partial charge in [-0.2, -0.15) is 0 Å². The summed E-state index contributed by atoms with van der Waals surface area (Å²) in [6.07, 6.45) is 0.163. The van der Waals surface area contributed by atoms with Gasteiger partial charge in [0, 0.05) is 13.1 Å². The Kier molecular flexibility index (Phi) is 6.27. The maximum absolute atomic E-state index is 11.2. The van der Waals surface area contributed by atoms with Crippen molar-refractivity contribution in [2.45, 2.75) is 26.5 Å². The maximum atomic E-state index is 11.2. The van der Waals surface area contributed by atoms with Gasteiger partial charge in [-0.15, -0.1) is 0 Å². The first-order chi connectivity index (χ1) is 8.93. The summed E-state index contributed by atoms with van der Waals surface area (Å²) >= 11 is 0. The molecule has 0 aliphatic rings. The number of ether oxygens (including phenoxy) is 1. The van der Waals surface area contributed by atoms with Gasteiger partial charge in [0.2, 0.25) is 10.0 Å². The molecule has 0 aliphatic heterocycles. The normalized spacial score (nSPS) is 11.8. The van der Waals surface area contributed by atoms with Gasteiger partial charge in [-0.25, -0.2) is 13.1 Å². The second-order valence-corrected chi connectivity index (χ2v) is 6.56. The molecule has 0 bridgehead atoms. The van der Waals surface area contributed by atoms with Crippen molar-refractivity contribution >= 4 is 10.0 Å². The number of rotatable bonds is 8. The molecule has 19 heavy (non-hydrogen) atoms. The molecular weight excluding hydrogens is 264 g/mol. The molecule has 0 aliphatic carbocycles. The zero-order valence-electron chi connectivity index (χ0n) is 11.6. The van der Waals surface area contributed by atoms with Crippen molar-refractivity contribution in [1.82, 2.24) is 10.0 Å². The van der Waals surface area contributed by atoms with E-state index >= 15 is 0 Å². The first kappa shape index (κ1) is 15.9. The lowest BCUT2D eigenvalue weighted by Crippen LogP contribution is -2.29. The third kappa shape index (κ3) is 6.56. The minimum atomic E-state index is -3.13. The molecule has 0 fully saturated rings. The minimum Gasteiger partial charge on any atom is -0.491 e. The van der Waals surface area contributed by atoms with Crippen LogP contribution in [0.15, 0.2) is 24.3 Å². The van der Waals surface area contributed by atoms with Crippen molar-refractivity contribution in [2.24, 2.45) is 0 Å². The summed E-state index contributed by atoms with van der Waals surface area (Å²) in [6.45, 7) is 5.03. The highest BCUT2D eigenvalue weighted by molar-refractivity contribution is 7.89. The zero-order chi connectivity index (χ0) is 14.3. The quantitative estimate of drug-likeness (QED) is 0.703. The van der Waals surface area contributed by atoms with E-state index in [0.29, 0.717) is 13.1 Å². The second-order valence-electron chi connectivity index (χ2n) is 4.51. The van der Waals surface area contributed by atoms with Crippen molar-refractivity contribution in [3.05, 3.63) is 29.8 Å². The van der Waals surface area contributed by atoms with E-state index in [1.54, 1.807) is 0 Å². The molecule has 0 radical (unpaired) electrons. The predicted molar refractivity (Wildman–Crippen MR) is 76.8 cm³/mol. The maximum Gasteiger partial charge on any atom is 0.212 e. The second kappa shape index (κ2) is 7.47. The van der Waals surface area contributed by atoms with E-state index in [2.05, 4.69) is 10.0 Å². The van der Waals surface area contributed by atoms with Gasteiger partial charge in [-0.3, -0.25) is 0 Å². The standard InChI is InChI=1S/C13H22N2O3S/c1-11(2)18-13-6-4-12(5-7-13)10-15-8-9-19(16,17)14-3/h4-7,11,14-15H,8-10H2,1-3H3. The predicted octanol–water partition coefficient (Wildman–Crippen LogP) is 1.11. The summed E-state index contributed by atoms with van der Waals surface area (Å²) in [5.74, 6) is 0.925. The molecule has 0 aromatic heterocycles. The third-order valence-electron chi connectivity index (χ3n) is 2.48. The van der Waals surface area contributed by atoms with E-state index in [1.165, 1.54) is 7.05 Å². The molecule has 2 N–H and O–H groups in total. The topological polar surface area (TPSA) is 67.4 Å². The minimum absolute atomic E-state index is 0.0814. The van der Waals surface area contributed by atoms with E-state index in [4.69, 9.17) is 4.74 Å². The summed E-state index contributed by atoms with van der Waals surface area (Å²) in [6, 6.07) is 7.78. The molecule has 1 rings (SSSR count). The number of nitrogens with one attached hydrogen (secondary N) is 2. The molecule has 1 aromatic carbocycles. The average molecular weight is 286 g/mol. The van der Waals surface area contributed by atoms with Crippen molar-refractivity contribution in [2.75, 3.05) is 19.3 Å². The SMILES string of the molecule is CNS(=O)(=O)CCNCc1ccc(OC(C)C)cc1. The fraction of sp³-hybridized carbons (Fsp3) is 0.538. The van der Waals surface area contributed by atoms with Gasteiger partial charge < -0.3 is 10.1 Å². The highest BCUT2D eigenvalue weighted by Crippen LogP contribution is 2.13. The van der Waals surface area contributed by atoms with Crippen LogP contribution in [0.1, 0.15) is 19.4 Å². The monoisotopic (exact) mass is 286 g/mol. The molecule has 0 saturated heterocycles. The van der Waals surface area contributed by atoms with Gasteiger partial charge in [-0.1, -0.05) is 12.1 Å². The lowest BCUT2D eigenvalue weighted by Gasteiger charge is -2.10. The van der Waals surface area contributed by atoms with Gasteiger partial charge >= 0.3 is 0 Å². The van der Waals surface area contributed by atoms with Crippen LogP contribution in [0.2, 0.25) is 0 Å². The summed E-state index contributed by atoms with van der Waals surface area (Å²) in [7, 11) is -1.71. The van der Waals surface area contributed by atoms with E-state index in [1.807, 2.05) is 38.1 Å². The smallest absolute Gasteiger partial charge is 0.212 e. The number of hydrogen-bond acceptors (Lipinski definition) is 4. The Labute approximate surface area is 115 Å². The van der Waals surface area contributed by atoms with Crippen LogP contribution in [0, 0.1) is 0 Å². The Morgan fingerprint density at radius 1 is 1.21 bits per heavy atom. The van der Waals surface area contributed by atoms with Gasteiger partial charge in [0.1, 0.15) is 5.75 Å². The molecule has 0 spiro atoms. The van der Waals surface area contributed by atoms with Crippen LogP contribution in [0.5, 0.6) is 5.75 Å².